The summed E-state index contributed by atoms with van der Waals surface area (Å²) in [5, 5.41) is 0.690. The van der Waals surface area contributed by atoms with Gasteiger partial charge in [0.25, 0.3) is 0 Å². The van der Waals surface area contributed by atoms with Gasteiger partial charge in [-0.3, -0.25) is 0 Å². The normalized spacial score (nSPS) is 16.7. The van der Waals surface area contributed by atoms with Crippen LogP contribution in [0.25, 0.3) is 0 Å². The molecule has 0 radical (unpaired) electrons. The molecule has 0 heterocycles. The summed E-state index contributed by atoms with van der Waals surface area (Å²) in [5.41, 5.74) is 2.38. The summed E-state index contributed by atoms with van der Waals surface area (Å²) in [6.07, 6.45) is 4.45. The third-order valence-corrected chi connectivity index (χ3v) is 4.16. The van der Waals surface area contributed by atoms with Crippen molar-refractivity contribution >= 4 is 17.7 Å². The highest BCUT2D eigenvalue weighted by molar-refractivity contribution is 6.31. The number of halogens is 1. The molecule has 0 aliphatic heterocycles. The summed E-state index contributed by atoms with van der Waals surface area (Å²) in [7, 11) is 1.64. The molecule has 0 unspecified atom stereocenters. The number of hydrogen-bond acceptors (Lipinski definition) is 3. The molecule has 0 atom stereocenters. The van der Waals surface area contributed by atoms with Crippen LogP contribution in [0, 0.1) is 13.8 Å². The lowest BCUT2D eigenvalue weighted by Crippen LogP contribution is -2.33. The Bertz CT molecular complexity index is 529. The van der Waals surface area contributed by atoms with Crippen molar-refractivity contribution in [3.8, 4) is 5.75 Å². The summed E-state index contributed by atoms with van der Waals surface area (Å²) < 4.78 is 5.49. The van der Waals surface area contributed by atoms with Gasteiger partial charge in [-0.05, 0) is 50.3 Å². The lowest BCUT2D eigenvalue weighted by Gasteiger charge is -2.39. The Hall–Kier alpha value is -1.31. The molecule has 1 fully saturated rings. The van der Waals surface area contributed by atoms with E-state index in [1.54, 1.807) is 13.2 Å². The molecule has 96 valence electrons. The zero-order valence-electron chi connectivity index (χ0n) is 10.8. The Kier molecular flexibility index (Phi) is 3.47. The average Bonchev–Trinajstić information content (AvgIpc) is 2.28. The maximum Gasteiger partial charge on any atom is 0.235 e. The summed E-state index contributed by atoms with van der Waals surface area (Å²) in [6.45, 7) is 3.89. The summed E-state index contributed by atoms with van der Waals surface area (Å²) in [5.74, 6) is 0.788. The number of hydrogen-bond donors (Lipinski definition) is 0. The summed E-state index contributed by atoms with van der Waals surface area (Å²) >= 11 is 6.24. The number of aryl methyl sites for hydroxylation is 1. The molecule has 1 saturated carbocycles. The van der Waals surface area contributed by atoms with Gasteiger partial charge in [0, 0.05) is 10.6 Å². The minimum absolute atomic E-state index is 0.479. The van der Waals surface area contributed by atoms with Gasteiger partial charge in [0.15, 0.2) is 0 Å². The van der Waals surface area contributed by atoms with E-state index in [9.17, 15) is 4.79 Å². The molecule has 1 aromatic rings. The first-order valence-corrected chi connectivity index (χ1v) is 6.37. The summed E-state index contributed by atoms with van der Waals surface area (Å²) in [4.78, 5) is 14.7. The molecule has 18 heavy (non-hydrogen) atoms. The lowest BCUT2D eigenvalue weighted by atomic mass is 9.70. The van der Waals surface area contributed by atoms with Gasteiger partial charge in [-0.25, -0.2) is 4.79 Å². The second kappa shape index (κ2) is 4.75. The monoisotopic (exact) mass is 265 g/mol. The molecule has 1 aromatic carbocycles. The molecular weight excluding hydrogens is 250 g/mol. The number of methoxy groups -OCH3 is 1. The molecule has 4 heteroatoms. The molecular formula is C14H16ClNO2. The standard InChI is InChI=1S/C14H16ClNO2/c1-9-7-11(15)10(2)12(13(9)18-3)14(16-8-17)5-4-6-14/h7H,4-6H2,1-3H3. The second-order valence-corrected chi connectivity index (χ2v) is 5.20. The number of rotatable bonds is 3. The van der Waals surface area contributed by atoms with Crippen molar-refractivity contribution in [1.82, 2.24) is 0 Å². The van der Waals surface area contributed by atoms with Crippen LogP contribution >= 0.6 is 11.6 Å². The minimum Gasteiger partial charge on any atom is -0.496 e. The van der Waals surface area contributed by atoms with Crippen LogP contribution in [0.3, 0.4) is 0 Å². The number of nitrogens with zero attached hydrogens (tertiary/aromatic N) is 1. The van der Waals surface area contributed by atoms with E-state index >= 15 is 0 Å². The number of carbonyl (C=O) groups excluding carboxylic acids is 1. The van der Waals surface area contributed by atoms with Crippen molar-refractivity contribution in [3.05, 3.63) is 27.8 Å². The number of isocyanates is 1. The van der Waals surface area contributed by atoms with Gasteiger partial charge in [-0.1, -0.05) is 11.6 Å². The van der Waals surface area contributed by atoms with Crippen LogP contribution in [0.1, 0.15) is 36.0 Å². The van der Waals surface area contributed by atoms with E-state index < -0.39 is 5.54 Å². The number of ether oxygens (including phenoxy) is 1. The SMILES string of the molecule is COc1c(C)cc(Cl)c(C)c1C1(N=C=O)CCC1. The van der Waals surface area contributed by atoms with Crippen LogP contribution in [0.2, 0.25) is 5.02 Å². The number of benzene rings is 1. The van der Waals surface area contributed by atoms with E-state index in [-0.39, 0.29) is 0 Å². The fourth-order valence-corrected chi connectivity index (χ4v) is 2.95. The molecule has 2 rings (SSSR count). The van der Waals surface area contributed by atoms with Gasteiger partial charge < -0.3 is 4.74 Å². The van der Waals surface area contributed by atoms with Crippen LogP contribution in [0.15, 0.2) is 11.1 Å². The molecule has 0 amide bonds. The van der Waals surface area contributed by atoms with Crippen LogP contribution < -0.4 is 4.74 Å². The van der Waals surface area contributed by atoms with Gasteiger partial charge in [0.2, 0.25) is 6.08 Å². The zero-order valence-corrected chi connectivity index (χ0v) is 11.6. The highest BCUT2D eigenvalue weighted by Gasteiger charge is 2.43. The fourth-order valence-electron chi connectivity index (χ4n) is 2.69. The Morgan fingerprint density at radius 1 is 1.44 bits per heavy atom. The third kappa shape index (κ3) is 1.84. The van der Waals surface area contributed by atoms with E-state index in [1.165, 1.54) is 0 Å². The quantitative estimate of drug-likeness (QED) is 0.618. The number of aliphatic imine (C=N–C) groups is 1. The maximum atomic E-state index is 10.7. The highest BCUT2D eigenvalue weighted by Crippen LogP contribution is 2.51. The molecule has 0 bridgehead atoms. The van der Waals surface area contributed by atoms with Gasteiger partial charge in [-0.15, -0.1) is 0 Å². The second-order valence-electron chi connectivity index (χ2n) is 4.80. The minimum atomic E-state index is -0.479. The maximum absolute atomic E-state index is 10.7. The highest BCUT2D eigenvalue weighted by atomic mass is 35.5. The predicted molar refractivity (Wildman–Crippen MR) is 71.1 cm³/mol. The first kappa shape index (κ1) is 13.1. The predicted octanol–water partition coefficient (Wildman–Crippen LogP) is 3.68. The molecule has 0 spiro atoms. The molecule has 1 aliphatic carbocycles. The van der Waals surface area contributed by atoms with Crippen molar-refractivity contribution in [2.24, 2.45) is 4.99 Å². The smallest absolute Gasteiger partial charge is 0.235 e. The molecule has 1 aliphatic rings. The van der Waals surface area contributed by atoms with Crippen LogP contribution in [0.5, 0.6) is 5.75 Å². The third-order valence-electron chi connectivity index (χ3n) is 3.77. The lowest BCUT2D eigenvalue weighted by molar-refractivity contribution is 0.244. The Labute approximate surface area is 112 Å². The van der Waals surface area contributed by atoms with Crippen molar-refractivity contribution in [2.75, 3.05) is 7.11 Å². The van der Waals surface area contributed by atoms with E-state index in [1.807, 2.05) is 19.9 Å². The largest absolute Gasteiger partial charge is 0.496 e. The Morgan fingerprint density at radius 3 is 2.56 bits per heavy atom. The van der Waals surface area contributed by atoms with Gasteiger partial charge in [0.1, 0.15) is 11.3 Å². The first-order chi connectivity index (χ1) is 8.55. The topological polar surface area (TPSA) is 38.7 Å². The average molecular weight is 266 g/mol. The van der Waals surface area contributed by atoms with Gasteiger partial charge in [-0.2, -0.15) is 4.99 Å². The van der Waals surface area contributed by atoms with Gasteiger partial charge in [0.05, 0.1) is 7.11 Å². The Morgan fingerprint density at radius 2 is 2.11 bits per heavy atom. The first-order valence-electron chi connectivity index (χ1n) is 5.99. The van der Waals surface area contributed by atoms with E-state index in [0.29, 0.717) is 5.02 Å². The fraction of sp³-hybridized carbons (Fsp3) is 0.500. The van der Waals surface area contributed by atoms with Crippen molar-refractivity contribution in [2.45, 2.75) is 38.6 Å². The molecule has 0 aromatic heterocycles. The Balaban J connectivity index is 2.72. The van der Waals surface area contributed by atoms with Crippen molar-refractivity contribution in [3.63, 3.8) is 0 Å². The van der Waals surface area contributed by atoms with Crippen LogP contribution in [-0.4, -0.2) is 13.2 Å². The van der Waals surface area contributed by atoms with E-state index in [0.717, 1.165) is 41.7 Å². The van der Waals surface area contributed by atoms with Gasteiger partial charge >= 0.3 is 0 Å². The van der Waals surface area contributed by atoms with Crippen molar-refractivity contribution in [1.29, 1.82) is 0 Å². The molecule has 0 saturated heterocycles. The van der Waals surface area contributed by atoms with Crippen LogP contribution in [-0.2, 0) is 10.3 Å². The van der Waals surface area contributed by atoms with E-state index in [2.05, 4.69) is 4.99 Å². The van der Waals surface area contributed by atoms with Crippen molar-refractivity contribution < 1.29 is 9.53 Å². The van der Waals surface area contributed by atoms with Crippen LogP contribution in [0.4, 0.5) is 0 Å². The van der Waals surface area contributed by atoms with E-state index in [4.69, 9.17) is 16.3 Å². The zero-order chi connectivity index (χ0) is 13.3. The summed E-state index contributed by atoms with van der Waals surface area (Å²) in [6, 6.07) is 1.89. The molecule has 0 N–H and O–H groups in total. The molecule has 3 nitrogen and oxygen atoms in total.